The first-order valence-electron chi connectivity index (χ1n) is 7.71. The Bertz CT molecular complexity index is 907. The van der Waals surface area contributed by atoms with Crippen molar-refractivity contribution < 1.29 is 0 Å². The predicted octanol–water partition coefficient (Wildman–Crippen LogP) is 3.78. The van der Waals surface area contributed by atoms with Gasteiger partial charge >= 0.3 is 0 Å². The second-order valence-electron chi connectivity index (χ2n) is 5.97. The van der Waals surface area contributed by atoms with Crippen LogP contribution < -0.4 is 0 Å². The van der Waals surface area contributed by atoms with Crippen LogP contribution in [0.1, 0.15) is 22.4 Å². The number of hydrogen-bond donors (Lipinski definition) is 1. The zero-order valence-corrected chi connectivity index (χ0v) is 13.4. The summed E-state index contributed by atoms with van der Waals surface area (Å²) in [7, 11) is 0. The summed E-state index contributed by atoms with van der Waals surface area (Å²) in [6, 6.07) is 16.3. The van der Waals surface area contributed by atoms with Crippen molar-refractivity contribution in [3.63, 3.8) is 0 Å². The van der Waals surface area contributed by atoms with E-state index in [9.17, 15) is 0 Å². The molecule has 2 heterocycles. The van der Waals surface area contributed by atoms with Crippen LogP contribution in [-0.2, 0) is 5.54 Å². The Balaban J connectivity index is 1.89. The van der Waals surface area contributed by atoms with Gasteiger partial charge in [0.15, 0.2) is 5.54 Å². The molecule has 0 aliphatic carbocycles. The quantitative estimate of drug-likeness (QED) is 0.798. The number of rotatable bonds is 3. The normalized spacial score (nSPS) is 19.1. The second kappa shape index (κ2) is 5.49. The lowest BCUT2D eigenvalue weighted by molar-refractivity contribution is 0.688. The SMILES string of the molecule is Cc1ccc(-c2nn[nH]c2C2(c3ccc(C)cc3)C=NN=N2)cc1. The highest BCUT2D eigenvalue weighted by Gasteiger charge is 2.40. The lowest BCUT2D eigenvalue weighted by atomic mass is 9.86. The van der Waals surface area contributed by atoms with Crippen LogP contribution in [0, 0.1) is 13.8 Å². The number of nitrogens with zero attached hydrogens (tertiary/aromatic N) is 5. The molecule has 24 heavy (non-hydrogen) atoms. The molecule has 1 aliphatic rings. The maximum Gasteiger partial charge on any atom is 0.189 e. The first kappa shape index (κ1) is 14.4. The zero-order valence-electron chi connectivity index (χ0n) is 13.4. The second-order valence-corrected chi connectivity index (χ2v) is 5.97. The Hall–Kier alpha value is -3.15. The van der Waals surface area contributed by atoms with Gasteiger partial charge < -0.3 is 0 Å². The Kier molecular flexibility index (Phi) is 3.30. The lowest BCUT2D eigenvalue weighted by Crippen LogP contribution is -2.26. The van der Waals surface area contributed by atoms with Gasteiger partial charge in [0, 0.05) is 5.56 Å². The van der Waals surface area contributed by atoms with Gasteiger partial charge in [0.1, 0.15) is 11.4 Å². The van der Waals surface area contributed by atoms with Crippen LogP contribution in [0.25, 0.3) is 11.3 Å². The summed E-state index contributed by atoms with van der Waals surface area (Å²) in [4.78, 5) is 0. The number of aromatic nitrogens is 3. The van der Waals surface area contributed by atoms with Crippen LogP contribution in [-0.4, -0.2) is 21.6 Å². The summed E-state index contributed by atoms with van der Waals surface area (Å²) in [5.74, 6) is 0. The molecule has 4 rings (SSSR count). The van der Waals surface area contributed by atoms with Crippen LogP contribution in [0.15, 0.2) is 64.0 Å². The van der Waals surface area contributed by atoms with Crippen molar-refractivity contribution >= 4 is 6.21 Å². The van der Waals surface area contributed by atoms with Gasteiger partial charge in [-0.25, -0.2) is 0 Å². The van der Waals surface area contributed by atoms with E-state index in [1.807, 2.05) is 36.4 Å². The van der Waals surface area contributed by atoms with Crippen LogP contribution in [0.5, 0.6) is 0 Å². The van der Waals surface area contributed by atoms with Gasteiger partial charge in [-0.15, -0.1) is 15.3 Å². The molecule has 0 fully saturated rings. The van der Waals surface area contributed by atoms with Crippen molar-refractivity contribution in [2.45, 2.75) is 19.4 Å². The summed E-state index contributed by atoms with van der Waals surface area (Å²) in [6.45, 7) is 4.11. The van der Waals surface area contributed by atoms with E-state index in [2.05, 4.69) is 56.8 Å². The van der Waals surface area contributed by atoms with Crippen LogP contribution in [0.3, 0.4) is 0 Å². The van der Waals surface area contributed by atoms with Gasteiger partial charge in [0.2, 0.25) is 0 Å². The monoisotopic (exact) mass is 316 g/mol. The van der Waals surface area contributed by atoms with Crippen molar-refractivity contribution in [1.29, 1.82) is 0 Å². The number of benzene rings is 2. The fourth-order valence-corrected chi connectivity index (χ4v) is 2.84. The number of aryl methyl sites for hydroxylation is 2. The molecule has 0 saturated heterocycles. The predicted molar refractivity (Wildman–Crippen MR) is 91.9 cm³/mol. The summed E-state index contributed by atoms with van der Waals surface area (Å²) in [6.07, 6.45) is 1.73. The summed E-state index contributed by atoms with van der Waals surface area (Å²) in [5.41, 5.74) is 5.02. The minimum Gasteiger partial charge on any atom is -0.258 e. The third-order valence-corrected chi connectivity index (χ3v) is 4.25. The van der Waals surface area contributed by atoms with E-state index >= 15 is 0 Å². The Morgan fingerprint density at radius 2 is 1.54 bits per heavy atom. The largest absolute Gasteiger partial charge is 0.258 e. The fraction of sp³-hybridized carbons (Fsp3) is 0.167. The van der Waals surface area contributed by atoms with Crippen molar-refractivity contribution in [1.82, 2.24) is 15.4 Å². The third kappa shape index (κ3) is 2.23. The number of aromatic amines is 1. The Morgan fingerprint density at radius 3 is 2.17 bits per heavy atom. The molecule has 1 aromatic heterocycles. The fourth-order valence-electron chi connectivity index (χ4n) is 2.84. The molecular weight excluding hydrogens is 300 g/mol. The molecular formula is C18H16N6. The molecule has 0 bridgehead atoms. The molecule has 1 aliphatic heterocycles. The standard InChI is InChI=1S/C18H16N6/c1-12-3-7-14(8-4-12)16-17(21-24-20-16)18(11-19-23-22-18)15-9-5-13(2)6-10-15/h3-11H,1-2H3,(H,20,21,24). The third-order valence-electron chi connectivity index (χ3n) is 4.25. The molecule has 6 nitrogen and oxygen atoms in total. The number of H-pyrrole nitrogens is 1. The summed E-state index contributed by atoms with van der Waals surface area (Å²) in [5, 5.41) is 23.6. The minimum atomic E-state index is -0.822. The molecule has 0 radical (unpaired) electrons. The van der Waals surface area contributed by atoms with Gasteiger partial charge in [0.05, 0.1) is 6.21 Å². The van der Waals surface area contributed by atoms with Gasteiger partial charge in [0.25, 0.3) is 0 Å². The van der Waals surface area contributed by atoms with E-state index in [-0.39, 0.29) is 0 Å². The number of hydrogen-bond acceptors (Lipinski definition) is 5. The Morgan fingerprint density at radius 1 is 0.875 bits per heavy atom. The average molecular weight is 316 g/mol. The molecule has 2 aromatic carbocycles. The molecule has 1 unspecified atom stereocenters. The van der Waals surface area contributed by atoms with Gasteiger partial charge in [-0.1, -0.05) is 64.9 Å². The summed E-state index contributed by atoms with van der Waals surface area (Å²) >= 11 is 0. The number of nitrogens with one attached hydrogen (secondary N) is 1. The highest BCUT2D eigenvalue weighted by Crippen LogP contribution is 2.38. The van der Waals surface area contributed by atoms with Crippen molar-refractivity contribution in [3.05, 3.63) is 70.9 Å². The van der Waals surface area contributed by atoms with Crippen molar-refractivity contribution in [2.24, 2.45) is 15.4 Å². The molecule has 118 valence electrons. The topological polar surface area (TPSA) is 78.6 Å². The average Bonchev–Trinajstić information content (AvgIpc) is 3.26. The van der Waals surface area contributed by atoms with E-state index in [4.69, 9.17) is 0 Å². The molecule has 0 amide bonds. The van der Waals surface area contributed by atoms with Gasteiger partial charge in [-0.2, -0.15) is 0 Å². The molecule has 6 heteroatoms. The minimum absolute atomic E-state index is 0.753. The smallest absolute Gasteiger partial charge is 0.189 e. The summed E-state index contributed by atoms with van der Waals surface area (Å²) < 4.78 is 0. The highest BCUT2D eigenvalue weighted by molar-refractivity contribution is 5.82. The first-order chi connectivity index (χ1) is 11.7. The maximum absolute atomic E-state index is 4.40. The molecule has 3 aromatic rings. The van der Waals surface area contributed by atoms with E-state index in [1.54, 1.807) is 6.21 Å². The van der Waals surface area contributed by atoms with E-state index < -0.39 is 5.54 Å². The lowest BCUT2D eigenvalue weighted by Gasteiger charge is -2.21. The van der Waals surface area contributed by atoms with Crippen LogP contribution >= 0.6 is 0 Å². The van der Waals surface area contributed by atoms with E-state index in [1.165, 1.54) is 11.1 Å². The maximum atomic E-state index is 4.40. The molecule has 1 N–H and O–H groups in total. The van der Waals surface area contributed by atoms with Crippen molar-refractivity contribution in [3.8, 4) is 11.3 Å². The van der Waals surface area contributed by atoms with Crippen LogP contribution in [0.4, 0.5) is 0 Å². The van der Waals surface area contributed by atoms with Crippen molar-refractivity contribution in [2.75, 3.05) is 0 Å². The van der Waals surface area contributed by atoms with Gasteiger partial charge in [-0.05, 0) is 24.6 Å². The molecule has 0 saturated carbocycles. The zero-order chi connectivity index (χ0) is 16.6. The van der Waals surface area contributed by atoms with Gasteiger partial charge in [-0.3, -0.25) is 5.10 Å². The van der Waals surface area contributed by atoms with Crippen LogP contribution in [0.2, 0.25) is 0 Å². The molecule has 0 spiro atoms. The highest BCUT2D eigenvalue weighted by atomic mass is 15.4. The van der Waals surface area contributed by atoms with E-state index in [0.29, 0.717) is 0 Å². The Labute approximate surface area is 139 Å². The first-order valence-corrected chi connectivity index (χ1v) is 7.71. The molecule has 1 atom stereocenters. The van der Waals surface area contributed by atoms with E-state index in [0.717, 1.165) is 22.5 Å².